The van der Waals surface area contributed by atoms with Gasteiger partial charge in [-0.25, -0.2) is 29.9 Å². The van der Waals surface area contributed by atoms with Gasteiger partial charge in [0.15, 0.2) is 23.3 Å². The van der Waals surface area contributed by atoms with Gasteiger partial charge in [0.25, 0.3) is 0 Å². The van der Waals surface area contributed by atoms with Gasteiger partial charge in [-0.15, -0.1) is 0 Å². The standard InChI is InChI=1S/C49H29N3O.C41H24N2O.C38H22N2O/c1-3-11-32(12-4-1)47-50-48(33-13-5-2-6-14-33)52-49(51-47)42-28-24-31-22-26-39-36(25-21-30-23-27-40(42)45(31)44(30)39)34-15-9-16-35(29-34)37-18-10-19-41-38-17-7-8-20-43(38)53-46(37)41;1-2-9-37-32(6-1)35-8-5-7-30(41(35)44-37)26-13-11-25(12-14-26)29-19-15-27-18-22-34-31(36-24-43-23-4-3-10-38(43)42-36)20-16-28-17-21-33(29)39(27)40(28)34;1-2-11-34-29(8-1)32-10-4-9-28(37(32)41-34)26-7-3-6-25(22-26)27-16-12-23-14-18-31-33(38-39-20-5-21-40-38)19-15-24-13-17-30(27)35(23)36(24)31/h1-29H;1-24H;1-22H. The highest BCUT2D eigenvalue weighted by Gasteiger charge is 2.25. The van der Waals surface area contributed by atoms with Crippen molar-refractivity contribution < 1.29 is 13.3 Å². The summed E-state index contributed by atoms with van der Waals surface area (Å²) in [5, 5.41) is 29.0. The molecule has 0 N–H and O–H groups in total. The minimum Gasteiger partial charge on any atom is -0.455 e. The summed E-state index contributed by atoms with van der Waals surface area (Å²) in [6, 6.07) is 152. The van der Waals surface area contributed by atoms with E-state index < -0.39 is 0 Å². The molecule has 0 spiro atoms. The lowest BCUT2D eigenvalue weighted by Gasteiger charge is -2.17. The normalized spacial score (nSPS) is 11.9. The second-order valence-electron chi connectivity index (χ2n) is 35.7. The van der Waals surface area contributed by atoms with Crippen LogP contribution in [0.15, 0.2) is 469 Å². The van der Waals surface area contributed by atoms with Crippen LogP contribution in [0.1, 0.15) is 0 Å². The molecular weight excluding hydrogens is 1680 g/mol. The first kappa shape index (κ1) is 78.1. The maximum atomic E-state index is 6.43. The lowest BCUT2D eigenvalue weighted by atomic mass is 9.88. The van der Waals surface area contributed by atoms with Gasteiger partial charge in [-0.05, 0) is 208 Å². The molecule has 0 saturated carbocycles. The van der Waals surface area contributed by atoms with E-state index in [9.17, 15) is 0 Å². The third-order valence-electron chi connectivity index (χ3n) is 28.1. The second-order valence-corrected chi connectivity index (χ2v) is 35.7. The molecule has 0 atom stereocenters. The largest absolute Gasteiger partial charge is 0.455 e. The van der Waals surface area contributed by atoms with Crippen molar-refractivity contribution in [3.05, 3.63) is 455 Å². The molecule has 640 valence electrons. The minimum absolute atomic E-state index is 0.653. The number of imidazole rings is 1. The summed E-state index contributed by atoms with van der Waals surface area (Å²) in [4.78, 5) is 29.2. The average molecular weight is 1760 g/mol. The van der Waals surface area contributed by atoms with E-state index in [-0.39, 0.29) is 0 Å². The summed E-state index contributed by atoms with van der Waals surface area (Å²) in [7, 11) is 0. The van der Waals surface area contributed by atoms with Crippen LogP contribution in [0.3, 0.4) is 0 Å². The molecule has 30 rings (SSSR count). The van der Waals surface area contributed by atoms with Gasteiger partial charge in [-0.2, -0.15) is 0 Å². The molecule has 0 saturated heterocycles. The maximum absolute atomic E-state index is 6.43. The number of benzene rings is 23. The van der Waals surface area contributed by atoms with Crippen LogP contribution in [-0.2, 0) is 0 Å². The maximum Gasteiger partial charge on any atom is 0.164 e. The van der Waals surface area contributed by atoms with Crippen LogP contribution < -0.4 is 0 Å². The molecule has 0 aliphatic heterocycles. The highest BCUT2D eigenvalue weighted by molar-refractivity contribution is 6.31. The van der Waals surface area contributed by atoms with Gasteiger partial charge in [-0.1, -0.05) is 370 Å². The molecule has 138 heavy (non-hydrogen) atoms. The summed E-state index contributed by atoms with van der Waals surface area (Å²) in [6.07, 6.45) is 7.78. The van der Waals surface area contributed by atoms with Crippen LogP contribution >= 0.6 is 0 Å². The lowest BCUT2D eigenvalue weighted by Crippen LogP contribution is -2.00. The van der Waals surface area contributed by atoms with Crippen LogP contribution in [-0.4, -0.2) is 34.3 Å². The summed E-state index contributed by atoms with van der Waals surface area (Å²) < 4.78 is 21.2. The third kappa shape index (κ3) is 12.7. The third-order valence-corrected chi connectivity index (χ3v) is 28.1. The van der Waals surface area contributed by atoms with E-state index in [1.165, 1.54) is 119 Å². The van der Waals surface area contributed by atoms with Gasteiger partial charge < -0.3 is 17.7 Å². The first-order valence-electron chi connectivity index (χ1n) is 46.6. The Balaban J connectivity index is 0.000000103. The van der Waals surface area contributed by atoms with Crippen molar-refractivity contribution in [2.24, 2.45) is 0 Å². The van der Waals surface area contributed by atoms with Crippen molar-refractivity contribution in [1.82, 2.24) is 34.3 Å². The Morgan fingerprint density at radius 3 is 0.906 bits per heavy atom. The fourth-order valence-electron chi connectivity index (χ4n) is 21.7. The molecule has 0 unspecified atom stereocenters. The van der Waals surface area contributed by atoms with Crippen molar-refractivity contribution in [2.45, 2.75) is 0 Å². The monoisotopic (exact) mass is 1760 g/mol. The molecule has 7 heterocycles. The zero-order valence-electron chi connectivity index (χ0n) is 74.2. The van der Waals surface area contributed by atoms with Crippen molar-refractivity contribution in [3.8, 4) is 124 Å². The second kappa shape index (κ2) is 31.5. The summed E-state index contributed by atoms with van der Waals surface area (Å²) in [6.45, 7) is 0. The number of furan rings is 3. The predicted octanol–water partition coefficient (Wildman–Crippen LogP) is 34.4. The Bertz CT molecular complexity index is 10000. The summed E-state index contributed by atoms with van der Waals surface area (Å²) >= 11 is 0. The van der Waals surface area contributed by atoms with E-state index in [1.54, 1.807) is 12.4 Å². The van der Waals surface area contributed by atoms with Crippen LogP contribution in [0, 0.1) is 0 Å². The van der Waals surface area contributed by atoms with E-state index >= 15 is 0 Å². The molecule has 30 aromatic rings. The van der Waals surface area contributed by atoms with Gasteiger partial charge in [0.05, 0.1) is 5.69 Å². The quantitative estimate of drug-likeness (QED) is 0.117. The zero-order chi connectivity index (χ0) is 90.6. The average Bonchev–Trinajstić information content (AvgIpc) is 1.48. The minimum atomic E-state index is 0.653. The predicted molar refractivity (Wildman–Crippen MR) is 570 cm³/mol. The molecule has 0 fully saturated rings. The summed E-state index contributed by atoms with van der Waals surface area (Å²) in [5.74, 6) is 2.71. The lowest BCUT2D eigenvalue weighted by molar-refractivity contribution is 0.669. The molecule has 0 radical (unpaired) electrons. The number of para-hydroxylation sites is 6. The summed E-state index contributed by atoms with van der Waals surface area (Å²) in [5.41, 5.74) is 26.5. The Kier molecular flexibility index (Phi) is 17.8. The van der Waals surface area contributed by atoms with Gasteiger partial charge in [0.1, 0.15) is 39.1 Å². The Labute approximate surface area is 789 Å². The van der Waals surface area contributed by atoms with Crippen LogP contribution in [0.4, 0.5) is 0 Å². The molecule has 7 aromatic heterocycles. The number of rotatable bonds is 11. The first-order valence-corrected chi connectivity index (χ1v) is 46.6. The van der Waals surface area contributed by atoms with E-state index in [0.29, 0.717) is 17.5 Å². The van der Waals surface area contributed by atoms with Crippen LogP contribution in [0.2, 0.25) is 0 Å². The Morgan fingerprint density at radius 1 is 0.181 bits per heavy atom. The van der Waals surface area contributed by atoms with E-state index in [0.717, 1.165) is 155 Å². The smallest absolute Gasteiger partial charge is 0.164 e. The molecule has 10 heteroatoms. The molecule has 0 amide bonds. The molecular formula is C128H75N7O3. The van der Waals surface area contributed by atoms with Crippen molar-refractivity contribution >= 4 is 168 Å². The van der Waals surface area contributed by atoms with E-state index in [1.807, 2.05) is 121 Å². The van der Waals surface area contributed by atoms with Crippen molar-refractivity contribution in [1.29, 1.82) is 0 Å². The van der Waals surface area contributed by atoms with Crippen molar-refractivity contribution in [2.75, 3.05) is 0 Å². The highest BCUT2D eigenvalue weighted by atomic mass is 16.3. The van der Waals surface area contributed by atoms with E-state index in [4.69, 9.17) is 33.2 Å². The number of fused-ring (bicyclic) bond motifs is 10. The van der Waals surface area contributed by atoms with Gasteiger partial charge in [0.2, 0.25) is 0 Å². The SMILES string of the molecule is c1ccc(-c2nc(-c3ccccc3)nc(-c3ccc4ccc5c(-c6cccc(-c7cccc8c7oc7ccccc78)c6)ccc6ccc3c4c65)n2)cc1.c1ccc2c(c1)oc1c(-c3ccc(-c4ccc5ccc6c(-c7cn8ccccc8n7)ccc7ccc4c5c76)cc3)cccc12.c1cnc(-c2ccc3ccc4c(-c5cccc(-c6cccc7c6oc6ccccc67)c5)ccc5ccc2c3c54)nc1. The molecule has 0 aliphatic carbocycles. The fourth-order valence-corrected chi connectivity index (χ4v) is 21.7. The van der Waals surface area contributed by atoms with Crippen LogP contribution in [0.5, 0.6) is 0 Å². The molecule has 10 nitrogen and oxygen atoms in total. The van der Waals surface area contributed by atoms with Gasteiger partial charge in [0, 0.05) is 102 Å². The number of nitrogens with zero attached hydrogens (tertiary/aromatic N) is 7. The topological polar surface area (TPSA) is 121 Å². The van der Waals surface area contributed by atoms with Crippen LogP contribution in [0.25, 0.3) is 292 Å². The van der Waals surface area contributed by atoms with Crippen molar-refractivity contribution in [3.63, 3.8) is 0 Å². The Morgan fingerprint density at radius 2 is 0.486 bits per heavy atom. The van der Waals surface area contributed by atoms with E-state index in [2.05, 4.69) is 336 Å². The number of hydrogen-bond donors (Lipinski definition) is 0. The number of aromatic nitrogens is 7. The highest BCUT2D eigenvalue weighted by Crippen LogP contribution is 2.50. The number of hydrogen-bond acceptors (Lipinski definition) is 9. The number of pyridine rings is 1. The molecule has 23 aromatic carbocycles. The Hall–Kier alpha value is -18.6. The first-order chi connectivity index (χ1) is 68.4. The van der Waals surface area contributed by atoms with Gasteiger partial charge >= 0.3 is 0 Å². The zero-order valence-corrected chi connectivity index (χ0v) is 74.2. The molecule has 0 aliphatic rings. The molecule has 0 bridgehead atoms. The fraction of sp³-hybridized carbons (Fsp3) is 0. The van der Waals surface area contributed by atoms with Gasteiger partial charge in [-0.3, -0.25) is 0 Å².